The summed E-state index contributed by atoms with van der Waals surface area (Å²) in [5.74, 6) is 1.52. The summed E-state index contributed by atoms with van der Waals surface area (Å²) in [6.45, 7) is 0.687. The van der Waals surface area contributed by atoms with Gasteiger partial charge in [0, 0.05) is 43.4 Å². The lowest BCUT2D eigenvalue weighted by atomic mass is 9.78. The predicted molar refractivity (Wildman–Crippen MR) is 117 cm³/mol. The van der Waals surface area contributed by atoms with Crippen molar-refractivity contribution in [1.82, 2.24) is 19.7 Å². The van der Waals surface area contributed by atoms with Gasteiger partial charge in [0.1, 0.15) is 5.82 Å². The van der Waals surface area contributed by atoms with Gasteiger partial charge in [-0.2, -0.15) is 10.1 Å². The number of nitrogen functional groups attached to an aromatic ring is 1. The molecule has 4 N–H and O–H groups in total. The zero-order valence-corrected chi connectivity index (χ0v) is 17.2. The van der Waals surface area contributed by atoms with Gasteiger partial charge in [-0.05, 0) is 25.0 Å². The molecule has 1 aliphatic carbocycles. The summed E-state index contributed by atoms with van der Waals surface area (Å²) in [6.07, 6.45) is 5.83. The van der Waals surface area contributed by atoms with Crippen molar-refractivity contribution >= 4 is 36.6 Å². The maximum atomic E-state index is 5.93. The quantitative estimate of drug-likeness (QED) is 0.656. The van der Waals surface area contributed by atoms with Crippen LogP contribution in [0.25, 0.3) is 5.69 Å². The van der Waals surface area contributed by atoms with E-state index < -0.39 is 0 Å². The molecule has 0 amide bonds. The van der Waals surface area contributed by atoms with Gasteiger partial charge in [0.25, 0.3) is 0 Å². The monoisotopic (exact) mass is 421 g/mol. The lowest BCUT2D eigenvalue weighted by Gasteiger charge is -2.32. The van der Waals surface area contributed by atoms with E-state index in [0.29, 0.717) is 18.4 Å². The topological polar surface area (TPSA) is 98.9 Å². The van der Waals surface area contributed by atoms with Crippen LogP contribution in [0.1, 0.15) is 30.0 Å². The van der Waals surface area contributed by atoms with Crippen LogP contribution < -0.4 is 16.4 Å². The molecule has 2 aromatic heterocycles. The Hall–Kier alpha value is -2.35. The highest BCUT2D eigenvalue weighted by Gasteiger charge is 2.29. The Morgan fingerprint density at radius 1 is 1.14 bits per heavy atom. The third-order valence-corrected chi connectivity index (χ3v) is 4.81. The molecule has 0 saturated heterocycles. The van der Waals surface area contributed by atoms with E-state index in [1.54, 1.807) is 0 Å². The van der Waals surface area contributed by atoms with Crippen LogP contribution in [0, 0.1) is 0 Å². The third-order valence-electron chi connectivity index (χ3n) is 4.81. The maximum absolute atomic E-state index is 5.93. The molecule has 7 nitrogen and oxygen atoms in total. The Bertz CT molecular complexity index is 894. The van der Waals surface area contributed by atoms with E-state index in [4.69, 9.17) is 11.5 Å². The van der Waals surface area contributed by atoms with Gasteiger partial charge < -0.3 is 16.4 Å². The minimum atomic E-state index is 0. The molecular formula is C19H25Cl2N7. The number of anilines is 2. The Kier molecular flexibility index (Phi) is 7.23. The van der Waals surface area contributed by atoms with Crippen molar-refractivity contribution in [2.24, 2.45) is 5.73 Å². The average Bonchev–Trinajstić information content (AvgIpc) is 3.07. The second-order valence-electron chi connectivity index (χ2n) is 6.92. The zero-order chi connectivity index (χ0) is 18.1. The summed E-state index contributed by atoms with van der Waals surface area (Å²) in [7, 11) is 2.00. The first-order valence-corrected chi connectivity index (χ1v) is 8.78. The molecule has 1 aliphatic rings. The van der Waals surface area contributed by atoms with E-state index >= 15 is 0 Å². The highest BCUT2D eigenvalue weighted by molar-refractivity contribution is 5.85. The van der Waals surface area contributed by atoms with E-state index in [1.165, 1.54) is 0 Å². The van der Waals surface area contributed by atoms with Crippen molar-refractivity contribution in [1.29, 1.82) is 0 Å². The summed E-state index contributed by atoms with van der Waals surface area (Å²) in [5.41, 5.74) is 14.9. The molecule has 0 unspecified atom stereocenters. The number of hydrogen-bond donors (Lipinski definition) is 2. The second kappa shape index (κ2) is 9.23. The van der Waals surface area contributed by atoms with Crippen molar-refractivity contribution in [2.75, 3.05) is 17.7 Å². The van der Waals surface area contributed by atoms with Crippen molar-refractivity contribution in [2.45, 2.75) is 31.3 Å². The lowest BCUT2D eigenvalue weighted by Crippen LogP contribution is -2.35. The van der Waals surface area contributed by atoms with Crippen LogP contribution in [0.5, 0.6) is 0 Å². The van der Waals surface area contributed by atoms with Gasteiger partial charge in [0.15, 0.2) is 0 Å². The summed E-state index contributed by atoms with van der Waals surface area (Å²) >= 11 is 0. The molecule has 2 heterocycles. The van der Waals surface area contributed by atoms with Crippen LogP contribution in [0.15, 0.2) is 48.8 Å². The smallest absolute Gasteiger partial charge is 0.222 e. The zero-order valence-electron chi connectivity index (χ0n) is 15.6. The average molecular weight is 422 g/mol. The van der Waals surface area contributed by atoms with E-state index in [-0.39, 0.29) is 30.9 Å². The standard InChI is InChI=1S/C19H23N7.2ClH/c1-25(11-13-10-22-26(12-13)16-5-3-2-4-6-16)18-9-17(23-19(21)24-18)14-7-15(20)8-14;;/h2-6,9-10,12,14-15H,7-8,11,20H2,1H3,(H2,21,23,24);2*1H. The van der Waals surface area contributed by atoms with Crippen molar-refractivity contribution < 1.29 is 0 Å². The highest BCUT2D eigenvalue weighted by Crippen LogP contribution is 2.35. The van der Waals surface area contributed by atoms with Gasteiger partial charge in [-0.3, -0.25) is 0 Å². The van der Waals surface area contributed by atoms with Gasteiger partial charge in [0.2, 0.25) is 5.95 Å². The van der Waals surface area contributed by atoms with Crippen LogP contribution in [0.3, 0.4) is 0 Å². The lowest BCUT2D eigenvalue weighted by molar-refractivity contribution is 0.345. The summed E-state index contributed by atoms with van der Waals surface area (Å²) < 4.78 is 1.87. The second-order valence-corrected chi connectivity index (χ2v) is 6.92. The SMILES string of the molecule is CN(Cc1cnn(-c2ccccc2)c1)c1cc(C2CC(N)C2)nc(N)n1.Cl.Cl. The van der Waals surface area contributed by atoms with Crippen LogP contribution in [0.2, 0.25) is 0 Å². The molecule has 1 aromatic carbocycles. The van der Waals surface area contributed by atoms with Gasteiger partial charge in [-0.25, -0.2) is 9.67 Å². The Morgan fingerprint density at radius 2 is 1.86 bits per heavy atom. The first kappa shape index (κ1) is 21.9. The molecule has 0 spiro atoms. The summed E-state index contributed by atoms with van der Waals surface area (Å²) in [6, 6.07) is 12.4. The van der Waals surface area contributed by atoms with E-state index in [9.17, 15) is 0 Å². The normalized spacial score (nSPS) is 17.8. The van der Waals surface area contributed by atoms with E-state index in [2.05, 4.69) is 20.0 Å². The first-order valence-electron chi connectivity index (χ1n) is 8.78. The van der Waals surface area contributed by atoms with Gasteiger partial charge in [-0.1, -0.05) is 18.2 Å². The predicted octanol–water partition coefficient (Wildman–Crippen LogP) is 2.93. The molecular weight excluding hydrogens is 397 g/mol. The highest BCUT2D eigenvalue weighted by atomic mass is 35.5. The summed E-state index contributed by atoms with van der Waals surface area (Å²) in [4.78, 5) is 10.8. The molecule has 1 fully saturated rings. The minimum absolute atomic E-state index is 0. The van der Waals surface area contributed by atoms with Crippen LogP contribution in [-0.4, -0.2) is 32.8 Å². The van der Waals surface area contributed by atoms with Crippen LogP contribution >= 0.6 is 24.8 Å². The number of halogens is 2. The number of nitrogens with zero attached hydrogens (tertiary/aromatic N) is 5. The number of benzene rings is 1. The minimum Gasteiger partial charge on any atom is -0.368 e. The Labute approximate surface area is 177 Å². The third kappa shape index (κ3) is 4.73. The fraction of sp³-hybridized carbons (Fsp3) is 0.316. The number of para-hydroxylation sites is 1. The molecule has 150 valence electrons. The molecule has 0 radical (unpaired) electrons. The van der Waals surface area contributed by atoms with Gasteiger partial charge in [-0.15, -0.1) is 24.8 Å². The number of rotatable bonds is 5. The molecule has 0 bridgehead atoms. The molecule has 0 atom stereocenters. The Morgan fingerprint density at radius 3 is 2.54 bits per heavy atom. The molecule has 3 aromatic rings. The molecule has 4 rings (SSSR count). The van der Waals surface area contributed by atoms with Crippen molar-refractivity contribution in [3.8, 4) is 5.69 Å². The summed E-state index contributed by atoms with van der Waals surface area (Å²) in [5, 5.41) is 4.45. The molecule has 1 saturated carbocycles. The van der Waals surface area contributed by atoms with Crippen molar-refractivity contribution in [3.05, 3.63) is 60.0 Å². The fourth-order valence-electron chi connectivity index (χ4n) is 3.30. The maximum Gasteiger partial charge on any atom is 0.222 e. The van der Waals surface area contributed by atoms with Crippen molar-refractivity contribution in [3.63, 3.8) is 0 Å². The fourth-order valence-corrected chi connectivity index (χ4v) is 3.30. The van der Waals surface area contributed by atoms with Crippen LogP contribution in [-0.2, 0) is 6.54 Å². The van der Waals surface area contributed by atoms with Crippen LogP contribution in [0.4, 0.5) is 11.8 Å². The molecule has 0 aliphatic heterocycles. The Balaban J connectivity index is 0.00000140. The largest absolute Gasteiger partial charge is 0.368 e. The molecule has 9 heteroatoms. The number of hydrogen-bond acceptors (Lipinski definition) is 6. The van der Waals surface area contributed by atoms with Gasteiger partial charge >= 0.3 is 0 Å². The van der Waals surface area contributed by atoms with E-state index in [1.807, 2.05) is 60.5 Å². The number of nitrogens with two attached hydrogens (primary N) is 2. The molecule has 28 heavy (non-hydrogen) atoms. The van der Waals surface area contributed by atoms with E-state index in [0.717, 1.165) is 35.6 Å². The number of aromatic nitrogens is 4. The van der Waals surface area contributed by atoms with Gasteiger partial charge in [0.05, 0.1) is 17.6 Å². The first-order chi connectivity index (χ1) is 12.6.